The lowest BCUT2D eigenvalue weighted by atomic mass is 9.92. The quantitative estimate of drug-likeness (QED) is 0.575. The van der Waals surface area contributed by atoms with Gasteiger partial charge in [-0.25, -0.2) is 9.79 Å². The minimum atomic E-state index is -0.528. The molecule has 0 aliphatic carbocycles. The molecule has 9 heteroatoms. The summed E-state index contributed by atoms with van der Waals surface area (Å²) in [4.78, 5) is 36.5. The zero-order valence-corrected chi connectivity index (χ0v) is 20.1. The molecule has 34 heavy (non-hydrogen) atoms. The molecule has 0 spiro atoms. The van der Waals surface area contributed by atoms with Crippen LogP contribution in [0.25, 0.3) is 0 Å². The maximum atomic E-state index is 13.0. The summed E-state index contributed by atoms with van der Waals surface area (Å²) in [7, 11) is 2.96. The minimum absolute atomic E-state index is 0.131. The van der Waals surface area contributed by atoms with Gasteiger partial charge in [0.1, 0.15) is 5.75 Å². The first-order valence-electron chi connectivity index (χ1n) is 10.9. The van der Waals surface area contributed by atoms with E-state index in [2.05, 4.69) is 10.3 Å². The van der Waals surface area contributed by atoms with Gasteiger partial charge < -0.3 is 19.7 Å². The fraction of sp³-hybridized carbons (Fsp3) is 0.280. The van der Waals surface area contributed by atoms with Crippen molar-refractivity contribution in [2.75, 3.05) is 14.2 Å². The maximum absolute atomic E-state index is 13.0. The highest BCUT2D eigenvalue weighted by molar-refractivity contribution is 8.16. The lowest BCUT2D eigenvalue weighted by Crippen LogP contribution is -2.38. The van der Waals surface area contributed by atoms with Gasteiger partial charge in [0, 0.05) is 30.2 Å². The van der Waals surface area contributed by atoms with E-state index in [4.69, 9.17) is 14.5 Å². The van der Waals surface area contributed by atoms with Crippen molar-refractivity contribution < 1.29 is 19.1 Å². The number of hydrogen-bond donors (Lipinski definition) is 1. The van der Waals surface area contributed by atoms with E-state index >= 15 is 0 Å². The van der Waals surface area contributed by atoms with E-state index in [-0.39, 0.29) is 12.3 Å². The molecule has 3 heterocycles. The monoisotopic (exact) mass is 478 g/mol. The number of amidine groups is 1. The zero-order chi connectivity index (χ0) is 24.1. The predicted molar refractivity (Wildman–Crippen MR) is 131 cm³/mol. The second-order valence-electron chi connectivity index (χ2n) is 7.65. The van der Waals surface area contributed by atoms with Gasteiger partial charge >= 0.3 is 5.97 Å². The number of fused-ring (bicyclic) bond motifs is 1. The third kappa shape index (κ3) is 4.70. The third-order valence-electron chi connectivity index (χ3n) is 5.64. The molecule has 1 amide bonds. The Morgan fingerprint density at radius 3 is 2.62 bits per heavy atom. The highest BCUT2D eigenvalue weighted by Crippen LogP contribution is 2.47. The van der Waals surface area contributed by atoms with Crippen molar-refractivity contribution in [3.63, 3.8) is 0 Å². The number of nitrogens with one attached hydrogen (secondary N) is 1. The van der Waals surface area contributed by atoms with Gasteiger partial charge in [-0.2, -0.15) is 0 Å². The fourth-order valence-corrected chi connectivity index (χ4v) is 4.96. The van der Waals surface area contributed by atoms with Crippen LogP contribution in [0.1, 0.15) is 36.9 Å². The zero-order valence-electron chi connectivity index (χ0n) is 19.3. The van der Waals surface area contributed by atoms with Gasteiger partial charge in [0.2, 0.25) is 5.91 Å². The lowest BCUT2D eigenvalue weighted by Gasteiger charge is -2.37. The Morgan fingerprint density at radius 1 is 1.15 bits per heavy atom. The number of benzene rings is 1. The van der Waals surface area contributed by atoms with Crippen LogP contribution in [-0.4, -0.2) is 41.1 Å². The summed E-state index contributed by atoms with van der Waals surface area (Å²) >= 11 is 1.44. The average molecular weight is 479 g/mol. The fourth-order valence-electron chi connectivity index (χ4n) is 4.03. The molecule has 0 radical (unpaired) electrons. The minimum Gasteiger partial charge on any atom is -0.496 e. The normalized spacial score (nSPS) is 17.0. The number of carbonyl (C=O) groups excluding carboxylic acids is 2. The Morgan fingerprint density at radius 2 is 1.91 bits per heavy atom. The molecule has 2 aliphatic heterocycles. The standard InChI is InChI=1S/C25H26N4O4S/c1-4-19-22(24(31)33-3)23(18-7-5-6-8-20(18)32-2)29-17(15-34-25(29)28-19)13-21(30)27-14-16-9-11-26-12-10-16/h5-12,15,23H,4,13-14H2,1-3H3,(H,27,30)/t23-/m1/s1. The molecule has 1 N–H and O–H groups in total. The molecular weight excluding hydrogens is 452 g/mol. The first-order valence-corrected chi connectivity index (χ1v) is 11.8. The number of esters is 1. The molecule has 176 valence electrons. The van der Waals surface area contributed by atoms with E-state index in [1.807, 2.05) is 53.6 Å². The van der Waals surface area contributed by atoms with Gasteiger partial charge in [-0.05, 0) is 35.6 Å². The number of aromatic nitrogens is 1. The van der Waals surface area contributed by atoms with Crippen LogP contribution in [0, 0.1) is 0 Å². The number of thioether (sulfide) groups is 1. The van der Waals surface area contributed by atoms with Gasteiger partial charge in [0.25, 0.3) is 0 Å². The Hall–Kier alpha value is -3.59. The highest BCUT2D eigenvalue weighted by Gasteiger charge is 2.42. The molecule has 1 atom stereocenters. The number of aliphatic imine (C=N–C) groups is 1. The number of nitrogens with zero attached hydrogens (tertiary/aromatic N) is 3. The number of methoxy groups -OCH3 is 2. The first kappa shape index (κ1) is 23.6. The van der Waals surface area contributed by atoms with E-state index in [1.54, 1.807) is 19.5 Å². The van der Waals surface area contributed by atoms with Crippen LogP contribution in [0.5, 0.6) is 5.75 Å². The predicted octanol–water partition coefficient (Wildman–Crippen LogP) is 3.93. The Bertz CT molecular complexity index is 1180. The van der Waals surface area contributed by atoms with Crippen molar-refractivity contribution in [3.8, 4) is 5.75 Å². The van der Waals surface area contributed by atoms with E-state index in [0.29, 0.717) is 30.0 Å². The van der Waals surface area contributed by atoms with Gasteiger partial charge in [0.15, 0.2) is 5.17 Å². The number of ether oxygens (including phenoxy) is 2. The van der Waals surface area contributed by atoms with Crippen LogP contribution in [0.4, 0.5) is 0 Å². The van der Waals surface area contributed by atoms with E-state index < -0.39 is 12.0 Å². The molecule has 0 fully saturated rings. The van der Waals surface area contributed by atoms with Crippen molar-refractivity contribution >= 4 is 28.8 Å². The van der Waals surface area contributed by atoms with E-state index in [0.717, 1.165) is 22.0 Å². The van der Waals surface area contributed by atoms with Crippen molar-refractivity contribution in [2.24, 2.45) is 4.99 Å². The number of amides is 1. The number of hydrogen-bond acceptors (Lipinski definition) is 8. The molecular formula is C25H26N4O4S. The molecule has 2 aliphatic rings. The summed E-state index contributed by atoms with van der Waals surface area (Å²) in [5.41, 5.74) is 3.63. The van der Waals surface area contributed by atoms with Crippen LogP contribution in [0.3, 0.4) is 0 Å². The van der Waals surface area contributed by atoms with Crippen LogP contribution < -0.4 is 10.1 Å². The Kier molecular flexibility index (Phi) is 7.32. The van der Waals surface area contributed by atoms with Crippen LogP contribution in [-0.2, 0) is 20.9 Å². The smallest absolute Gasteiger partial charge is 0.338 e. The van der Waals surface area contributed by atoms with Crippen LogP contribution in [0.15, 0.2) is 76.2 Å². The summed E-state index contributed by atoms with van der Waals surface area (Å²) in [6.45, 7) is 2.36. The highest BCUT2D eigenvalue weighted by atomic mass is 32.2. The number of para-hydroxylation sites is 1. The number of allylic oxidation sites excluding steroid dienone is 1. The second-order valence-corrected chi connectivity index (χ2v) is 8.49. The molecule has 2 aromatic rings. The molecule has 4 rings (SSSR count). The molecule has 0 unspecified atom stereocenters. The topological polar surface area (TPSA) is 93.1 Å². The summed E-state index contributed by atoms with van der Waals surface area (Å²) in [6, 6.07) is 10.8. The largest absolute Gasteiger partial charge is 0.496 e. The van der Waals surface area contributed by atoms with Crippen molar-refractivity contribution in [1.29, 1.82) is 0 Å². The second kappa shape index (κ2) is 10.6. The third-order valence-corrected chi connectivity index (χ3v) is 6.53. The molecule has 0 bridgehead atoms. The van der Waals surface area contributed by atoms with Gasteiger partial charge in [0.05, 0.1) is 38.0 Å². The number of carbonyl (C=O) groups is 2. The Balaban J connectivity index is 1.67. The summed E-state index contributed by atoms with van der Waals surface area (Å²) in [5.74, 6) is 0.0616. The number of rotatable bonds is 8. The van der Waals surface area contributed by atoms with E-state index in [9.17, 15) is 9.59 Å². The summed E-state index contributed by atoms with van der Waals surface area (Å²) < 4.78 is 10.8. The molecule has 1 aromatic carbocycles. The number of pyridine rings is 1. The van der Waals surface area contributed by atoms with Gasteiger partial charge in [-0.3, -0.25) is 9.78 Å². The lowest BCUT2D eigenvalue weighted by molar-refractivity contribution is -0.136. The summed E-state index contributed by atoms with van der Waals surface area (Å²) in [6.07, 6.45) is 4.09. The van der Waals surface area contributed by atoms with E-state index in [1.165, 1.54) is 18.9 Å². The molecule has 1 aromatic heterocycles. The van der Waals surface area contributed by atoms with Gasteiger partial charge in [-0.15, -0.1) is 0 Å². The van der Waals surface area contributed by atoms with Crippen LogP contribution in [0.2, 0.25) is 0 Å². The molecule has 0 saturated heterocycles. The molecule has 0 saturated carbocycles. The SMILES string of the molecule is CCC1=C(C(=O)OC)[C@@H](c2ccccc2OC)N2C(CC(=O)NCc3ccncc3)=CSC2=N1. The molecule has 8 nitrogen and oxygen atoms in total. The van der Waals surface area contributed by atoms with Crippen molar-refractivity contribution in [1.82, 2.24) is 15.2 Å². The first-order chi connectivity index (χ1) is 16.6. The van der Waals surface area contributed by atoms with Crippen molar-refractivity contribution in [2.45, 2.75) is 32.4 Å². The Labute approximate surface area is 202 Å². The summed E-state index contributed by atoms with van der Waals surface area (Å²) in [5, 5.41) is 5.59. The van der Waals surface area contributed by atoms with Crippen molar-refractivity contribution in [3.05, 3.63) is 82.3 Å². The maximum Gasteiger partial charge on any atom is 0.338 e. The van der Waals surface area contributed by atoms with Crippen LogP contribution >= 0.6 is 11.8 Å². The van der Waals surface area contributed by atoms with Gasteiger partial charge in [-0.1, -0.05) is 36.9 Å². The average Bonchev–Trinajstić information content (AvgIpc) is 3.28.